The van der Waals surface area contributed by atoms with Crippen LogP contribution in [0.4, 0.5) is 4.39 Å². The fourth-order valence-electron chi connectivity index (χ4n) is 2.30. The van der Waals surface area contributed by atoms with Crippen molar-refractivity contribution in [1.82, 2.24) is 0 Å². The molecule has 0 bridgehead atoms. The van der Waals surface area contributed by atoms with E-state index in [-0.39, 0.29) is 11.3 Å². The highest BCUT2D eigenvalue weighted by Gasteiger charge is 2.30. The van der Waals surface area contributed by atoms with E-state index >= 15 is 0 Å². The molecule has 0 fully saturated rings. The van der Waals surface area contributed by atoms with E-state index in [1.54, 1.807) is 49.4 Å². The molecule has 1 heterocycles. The molecule has 1 unspecified atom stereocenters. The van der Waals surface area contributed by atoms with Crippen molar-refractivity contribution in [1.29, 1.82) is 5.26 Å². The summed E-state index contributed by atoms with van der Waals surface area (Å²) in [6, 6.07) is 14.9. The topological polar surface area (TPSA) is 57.2 Å². The van der Waals surface area contributed by atoms with Crippen LogP contribution in [0.5, 0.6) is 0 Å². The lowest BCUT2D eigenvalue weighted by molar-refractivity contribution is 0.0784. The molecule has 104 valence electrons. The average molecular weight is 281 g/mol. The molecule has 0 spiro atoms. The van der Waals surface area contributed by atoms with Crippen molar-refractivity contribution in [3.05, 3.63) is 71.2 Å². The van der Waals surface area contributed by atoms with Gasteiger partial charge in [0.2, 0.25) is 0 Å². The number of halogens is 1. The largest absolute Gasteiger partial charge is 0.455 e. The Morgan fingerprint density at radius 1 is 1.19 bits per heavy atom. The predicted octanol–water partition coefficient (Wildman–Crippen LogP) is 3.70. The van der Waals surface area contributed by atoms with Gasteiger partial charge in [0.15, 0.2) is 11.4 Å². The van der Waals surface area contributed by atoms with E-state index in [9.17, 15) is 9.50 Å². The molecule has 1 atom stereocenters. The SMILES string of the molecule is CC(O)(c1cccc(C#N)c1)c1cc2cccc(F)c2o1. The number of furan rings is 1. The summed E-state index contributed by atoms with van der Waals surface area (Å²) in [6.45, 7) is 1.55. The molecule has 3 nitrogen and oxygen atoms in total. The van der Waals surface area contributed by atoms with E-state index in [0.717, 1.165) is 0 Å². The molecule has 1 aromatic heterocycles. The Morgan fingerprint density at radius 3 is 2.67 bits per heavy atom. The Kier molecular flexibility index (Phi) is 3.00. The Bertz CT molecular complexity index is 859. The Morgan fingerprint density at radius 2 is 1.95 bits per heavy atom. The lowest BCUT2D eigenvalue weighted by Gasteiger charge is -2.21. The smallest absolute Gasteiger partial charge is 0.170 e. The highest BCUT2D eigenvalue weighted by molar-refractivity contribution is 5.78. The number of hydrogen-bond donors (Lipinski definition) is 1. The van der Waals surface area contributed by atoms with Gasteiger partial charge in [0.1, 0.15) is 11.4 Å². The molecule has 0 saturated carbocycles. The van der Waals surface area contributed by atoms with Gasteiger partial charge in [-0.3, -0.25) is 0 Å². The zero-order valence-electron chi connectivity index (χ0n) is 11.3. The van der Waals surface area contributed by atoms with Gasteiger partial charge in [-0.25, -0.2) is 4.39 Å². The molecule has 4 heteroatoms. The van der Waals surface area contributed by atoms with Crippen molar-refractivity contribution >= 4 is 11.0 Å². The molecular formula is C17H12FNO2. The van der Waals surface area contributed by atoms with Crippen LogP contribution in [0.25, 0.3) is 11.0 Å². The third kappa shape index (κ3) is 2.18. The zero-order valence-corrected chi connectivity index (χ0v) is 11.3. The van der Waals surface area contributed by atoms with Gasteiger partial charge in [0.05, 0.1) is 11.6 Å². The number of fused-ring (bicyclic) bond motifs is 1. The highest BCUT2D eigenvalue weighted by atomic mass is 19.1. The van der Waals surface area contributed by atoms with Crippen molar-refractivity contribution in [2.24, 2.45) is 0 Å². The third-order valence-electron chi connectivity index (χ3n) is 3.53. The Balaban J connectivity index is 2.15. The second kappa shape index (κ2) is 4.72. The maximum absolute atomic E-state index is 13.7. The van der Waals surface area contributed by atoms with E-state index in [4.69, 9.17) is 9.68 Å². The summed E-state index contributed by atoms with van der Waals surface area (Å²) in [6.07, 6.45) is 0. The molecule has 0 saturated heterocycles. The van der Waals surface area contributed by atoms with E-state index in [0.29, 0.717) is 16.5 Å². The van der Waals surface area contributed by atoms with Crippen molar-refractivity contribution in [3.8, 4) is 6.07 Å². The minimum atomic E-state index is -1.45. The third-order valence-corrected chi connectivity index (χ3v) is 3.53. The van der Waals surface area contributed by atoms with Crippen molar-refractivity contribution in [2.75, 3.05) is 0 Å². The monoisotopic (exact) mass is 281 g/mol. The van der Waals surface area contributed by atoms with Gasteiger partial charge >= 0.3 is 0 Å². The molecule has 1 N–H and O–H groups in total. The molecule has 0 amide bonds. The predicted molar refractivity (Wildman–Crippen MR) is 76.0 cm³/mol. The summed E-state index contributed by atoms with van der Waals surface area (Å²) in [4.78, 5) is 0. The number of nitriles is 1. The number of para-hydroxylation sites is 1. The van der Waals surface area contributed by atoms with Gasteiger partial charge in [0.25, 0.3) is 0 Å². The molecule has 3 rings (SSSR count). The molecule has 0 aliphatic heterocycles. The molecule has 0 radical (unpaired) electrons. The number of hydrogen-bond acceptors (Lipinski definition) is 3. The fraction of sp³-hybridized carbons (Fsp3) is 0.118. The van der Waals surface area contributed by atoms with Crippen LogP contribution in [0.1, 0.15) is 23.8 Å². The first-order valence-electron chi connectivity index (χ1n) is 6.44. The van der Waals surface area contributed by atoms with Gasteiger partial charge in [-0.2, -0.15) is 5.26 Å². The van der Waals surface area contributed by atoms with E-state index in [2.05, 4.69) is 0 Å². The first kappa shape index (κ1) is 13.3. The minimum Gasteiger partial charge on any atom is -0.455 e. The summed E-state index contributed by atoms with van der Waals surface area (Å²) in [7, 11) is 0. The van der Waals surface area contributed by atoms with Crippen molar-refractivity contribution < 1.29 is 13.9 Å². The lowest BCUT2D eigenvalue weighted by Crippen LogP contribution is -2.22. The number of benzene rings is 2. The second-order valence-corrected chi connectivity index (χ2v) is 5.03. The van der Waals surface area contributed by atoms with E-state index in [1.165, 1.54) is 6.07 Å². The molecule has 2 aromatic carbocycles. The number of rotatable bonds is 2. The van der Waals surface area contributed by atoms with Crippen LogP contribution in [0.15, 0.2) is 52.9 Å². The first-order chi connectivity index (χ1) is 10.0. The minimum absolute atomic E-state index is 0.115. The molecule has 3 aromatic rings. The van der Waals surface area contributed by atoms with Crippen molar-refractivity contribution in [2.45, 2.75) is 12.5 Å². The molecule has 21 heavy (non-hydrogen) atoms. The maximum atomic E-state index is 13.7. The van der Waals surface area contributed by atoms with E-state index in [1.807, 2.05) is 6.07 Å². The van der Waals surface area contributed by atoms with Gasteiger partial charge in [-0.05, 0) is 36.8 Å². The van der Waals surface area contributed by atoms with Gasteiger partial charge < -0.3 is 9.52 Å². The van der Waals surface area contributed by atoms with Gasteiger partial charge in [-0.1, -0.05) is 24.3 Å². The summed E-state index contributed by atoms with van der Waals surface area (Å²) in [5.74, 6) is -0.238. The summed E-state index contributed by atoms with van der Waals surface area (Å²) < 4.78 is 19.2. The van der Waals surface area contributed by atoms with Crippen LogP contribution < -0.4 is 0 Å². The standard InChI is InChI=1S/C17H12FNO2/c1-17(20,13-6-2-4-11(8-13)10-19)15-9-12-5-3-7-14(18)16(12)21-15/h2-9,20H,1H3. The average Bonchev–Trinajstić information content (AvgIpc) is 2.94. The van der Waals surface area contributed by atoms with Crippen LogP contribution in [0.3, 0.4) is 0 Å². The summed E-state index contributed by atoms with van der Waals surface area (Å²) in [5.41, 5.74) is -0.376. The van der Waals surface area contributed by atoms with E-state index < -0.39 is 11.4 Å². The van der Waals surface area contributed by atoms with Crippen molar-refractivity contribution in [3.63, 3.8) is 0 Å². The molecular weight excluding hydrogens is 269 g/mol. The van der Waals surface area contributed by atoms with Crippen LogP contribution in [0.2, 0.25) is 0 Å². The fourth-order valence-corrected chi connectivity index (χ4v) is 2.30. The molecule has 0 aliphatic carbocycles. The maximum Gasteiger partial charge on any atom is 0.170 e. The normalized spacial score (nSPS) is 13.8. The Labute approximate surface area is 120 Å². The quantitative estimate of drug-likeness (QED) is 0.779. The van der Waals surface area contributed by atoms with Crippen LogP contribution in [-0.4, -0.2) is 5.11 Å². The van der Waals surface area contributed by atoms with Crippen LogP contribution >= 0.6 is 0 Å². The first-order valence-corrected chi connectivity index (χ1v) is 6.44. The summed E-state index contributed by atoms with van der Waals surface area (Å²) >= 11 is 0. The lowest BCUT2D eigenvalue weighted by atomic mass is 9.92. The second-order valence-electron chi connectivity index (χ2n) is 5.03. The molecule has 0 aliphatic rings. The number of aliphatic hydroxyl groups is 1. The highest BCUT2D eigenvalue weighted by Crippen LogP contribution is 2.34. The van der Waals surface area contributed by atoms with Crippen LogP contribution in [0, 0.1) is 17.1 Å². The Hall–Kier alpha value is -2.64. The van der Waals surface area contributed by atoms with Crippen LogP contribution in [-0.2, 0) is 5.60 Å². The zero-order chi connectivity index (χ0) is 15.0. The number of nitrogens with zero attached hydrogens (tertiary/aromatic N) is 1. The van der Waals surface area contributed by atoms with Gasteiger partial charge in [-0.15, -0.1) is 0 Å². The summed E-state index contributed by atoms with van der Waals surface area (Å²) in [5, 5.41) is 20.3. The van der Waals surface area contributed by atoms with Gasteiger partial charge in [0, 0.05) is 5.39 Å².